The van der Waals surface area contributed by atoms with E-state index in [9.17, 15) is 0 Å². The molecule has 3 aromatic rings. The Hall–Kier alpha value is -1.76. The van der Waals surface area contributed by atoms with Crippen LogP contribution in [0.15, 0.2) is 59.2 Å². The van der Waals surface area contributed by atoms with E-state index in [1.54, 1.807) is 6.26 Å². The van der Waals surface area contributed by atoms with E-state index in [1.807, 2.05) is 18.2 Å². The molecule has 5 nitrogen and oxygen atoms in total. The average molecular weight is 281 g/mol. The molecule has 0 unspecified atom stereocenters. The minimum absolute atomic E-state index is 0.964. The van der Waals surface area contributed by atoms with Crippen LogP contribution in [0.4, 0.5) is 0 Å². The Labute approximate surface area is 110 Å². The van der Waals surface area contributed by atoms with E-state index in [0.29, 0.717) is 0 Å². The highest BCUT2D eigenvalue weighted by Crippen LogP contribution is 2.24. The van der Waals surface area contributed by atoms with Crippen LogP contribution in [0.2, 0.25) is 0 Å². The summed E-state index contributed by atoms with van der Waals surface area (Å²) in [5.74, 6) is 0. The minimum Gasteiger partial charge on any atom is -0.222 e. The Morgan fingerprint density at radius 3 is 2.05 bits per heavy atom. The van der Waals surface area contributed by atoms with Crippen molar-refractivity contribution in [1.82, 2.24) is 0 Å². The van der Waals surface area contributed by atoms with E-state index < -0.39 is 10.2 Å². The van der Waals surface area contributed by atoms with Crippen molar-refractivity contribution in [2.75, 3.05) is 0 Å². The van der Waals surface area contributed by atoms with E-state index in [-0.39, 0.29) is 0 Å². The first-order valence-electron chi connectivity index (χ1n) is 5.25. The maximum Gasteiger partial charge on any atom is 0.367 e. The Morgan fingerprint density at radius 1 is 0.737 bits per heavy atom. The van der Waals surface area contributed by atoms with Crippen molar-refractivity contribution in [1.29, 1.82) is 0 Å². The molecular formula is C13H9ClO5. The molecule has 19 heavy (non-hydrogen) atoms. The largest absolute Gasteiger partial charge is 0.367 e. The summed E-state index contributed by atoms with van der Waals surface area (Å²) in [4.78, 5) is 0. The zero-order chi connectivity index (χ0) is 13.9. The van der Waals surface area contributed by atoms with Gasteiger partial charge < -0.3 is 0 Å². The molecule has 0 saturated carbocycles. The number of benzene rings is 2. The van der Waals surface area contributed by atoms with Crippen LogP contribution in [0, 0.1) is 10.2 Å². The van der Waals surface area contributed by atoms with Crippen molar-refractivity contribution >= 4 is 21.7 Å². The lowest BCUT2D eigenvalue weighted by atomic mass is 10.1. The molecule has 0 bridgehead atoms. The van der Waals surface area contributed by atoms with Crippen molar-refractivity contribution in [3.8, 4) is 0 Å². The summed E-state index contributed by atoms with van der Waals surface area (Å²) in [6.07, 6.45) is 1.72. The van der Waals surface area contributed by atoms with E-state index >= 15 is 0 Å². The minimum atomic E-state index is -4.94. The van der Waals surface area contributed by atoms with Crippen LogP contribution in [-0.4, -0.2) is 0 Å². The highest BCUT2D eigenvalue weighted by Gasteiger charge is 2.08. The highest BCUT2D eigenvalue weighted by atomic mass is 35.7. The van der Waals surface area contributed by atoms with Gasteiger partial charge in [0.05, 0.1) is 10.8 Å². The third kappa shape index (κ3) is 3.85. The molecule has 0 saturated heterocycles. The van der Waals surface area contributed by atoms with Crippen LogP contribution in [0.1, 0.15) is 0 Å². The van der Waals surface area contributed by atoms with Gasteiger partial charge in [-0.3, -0.25) is 0 Å². The fourth-order valence-electron chi connectivity index (χ4n) is 1.77. The van der Waals surface area contributed by atoms with Crippen LogP contribution in [0.3, 0.4) is 0 Å². The van der Waals surface area contributed by atoms with Crippen LogP contribution in [0.5, 0.6) is 0 Å². The summed E-state index contributed by atoms with van der Waals surface area (Å²) < 4.78 is 39.5. The van der Waals surface area contributed by atoms with E-state index in [4.69, 9.17) is 23.1 Å². The van der Waals surface area contributed by atoms with Crippen LogP contribution in [0.25, 0.3) is 21.7 Å². The summed E-state index contributed by atoms with van der Waals surface area (Å²) >= 11 is 0. The van der Waals surface area contributed by atoms with Gasteiger partial charge in [-0.25, -0.2) is 23.1 Å². The van der Waals surface area contributed by atoms with E-state index in [2.05, 4.69) is 30.3 Å². The predicted molar refractivity (Wildman–Crippen MR) is 58.1 cm³/mol. The van der Waals surface area contributed by atoms with Crippen LogP contribution in [-0.2, 0) is 0 Å². The molecule has 0 amide bonds. The molecule has 0 aliphatic heterocycles. The molecule has 0 atom stereocenters. The summed E-state index contributed by atoms with van der Waals surface area (Å²) in [6.45, 7) is 0. The normalized spacial score (nSPS) is 11.2. The van der Waals surface area contributed by atoms with Gasteiger partial charge in [-0.2, -0.15) is 0 Å². The van der Waals surface area contributed by atoms with Crippen molar-refractivity contribution in [2.24, 2.45) is 0 Å². The highest BCUT2D eigenvalue weighted by molar-refractivity contribution is 6.03. The second-order valence-electron chi connectivity index (χ2n) is 3.70. The molecule has 2 aromatic carbocycles. The molecule has 0 radical (unpaired) electrons. The Kier molecular flexibility index (Phi) is 3.94. The third-order valence-electron chi connectivity index (χ3n) is 2.45. The van der Waals surface area contributed by atoms with Gasteiger partial charge >= 0.3 is 11.8 Å². The predicted octanol–water partition coefficient (Wildman–Crippen LogP) is -0.889. The summed E-state index contributed by atoms with van der Waals surface area (Å²) in [7, 11) is -4.94. The first-order valence-corrected chi connectivity index (χ1v) is 6.48. The van der Waals surface area contributed by atoms with Gasteiger partial charge in [-0.15, -0.1) is 10.2 Å². The number of hydrogen-bond donors (Lipinski definition) is 0. The number of fused-ring (bicyclic) bond motifs is 3. The maximum absolute atomic E-state index is 8.49. The van der Waals surface area contributed by atoms with Crippen molar-refractivity contribution in [3.63, 3.8) is 0 Å². The second kappa shape index (κ2) is 5.48. The Bertz CT molecular complexity index is 632. The zero-order valence-corrected chi connectivity index (χ0v) is 10.4. The number of rotatable bonds is 0. The quantitative estimate of drug-likeness (QED) is 0.392. The molecule has 0 aliphatic carbocycles. The smallest absolute Gasteiger partial charge is 0.222 e. The van der Waals surface area contributed by atoms with Gasteiger partial charge in [0.25, 0.3) is 0 Å². The monoisotopic (exact) mass is 280 g/mol. The third-order valence-corrected chi connectivity index (χ3v) is 2.45. The fraction of sp³-hybridized carbons (Fsp3) is 0. The Balaban J connectivity index is 0.000000232. The van der Waals surface area contributed by atoms with Gasteiger partial charge in [0.15, 0.2) is 0 Å². The lowest BCUT2D eigenvalue weighted by Crippen LogP contribution is -2.68. The van der Waals surface area contributed by atoms with E-state index in [1.165, 1.54) is 10.8 Å². The van der Waals surface area contributed by atoms with Gasteiger partial charge in [0, 0.05) is 6.07 Å². The van der Waals surface area contributed by atoms with Crippen LogP contribution >= 0.6 is 0 Å². The standard InChI is InChI=1S/C13H9O.ClHO4/c1-2-6-12-10(4-1)7-8-11-5-3-9-14-13(11)12;2-1(3,4)5/h1-9H;(H,2,3,4,5)/q+1;/p-1. The maximum atomic E-state index is 8.49. The lowest BCUT2D eigenvalue weighted by Gasteiger charge is -2.17. The molecule has 0 N–H and O–H groups in total. The average Bonchev–Trinajstić information content (AvgIpc) is 2.37. The van der Waals surface area contributed by atoms with Crippen molar-refractivity contribution < 1.29 is 33.3 Å². The number of hydrogen-bond acceptors (Lipinski definition) is 4. The molecule has 3 rings (SSSR count). The fourth-order valence-corrected chi connectivity index (χ4v) is 1.77. The Morgan fingerprint density at radius 2 is 1.32 bits per heavy atom. The lowest BCUT2D eigenvalue weighted by molar-refractivity contribution is -2.00. The molecule has 0 fully saturated rings. The second-order valence-corrected chi connectivity index (χ2v) is 4.45. The molecule has 6 heteroatoms. The summed E-state index contributed by atoms with van der Waals surface area (Å²) in [6, 6.07) is 16.4. The zero-order valence-electron chi connectivity index (χ0n) is 9.62. The van der Waals surface area contributed by atoms with Crippen molar-refractivity contribution in [2.45, 2.75) is 0 Å². The summed E-state index contributed by atoms with van der Waals surface area (Å²) in [5, 5.41) is 3.53. The van der Waals surface area contributed by atoms with Crippen molar-refractivity contribution in [3.05, 3.63) is 54.8 Å². The first-order chi connectivity index (χ1) is 8.95. The summed E-state index contributed by atoms with van der Waals surface area (Å²) in [5.41, 5.74) is 0.964. The first kappa shape index (κ1) is 13.7. The molecule has 0 spiro atoms. The molecule has 98 valence electrons. The van der Waals surface area contributed by atoms with E-state index in [0.717, 1.165) is 11.0 Å². The molecule has 1 heterocycles. The van der Waals surface area contributed by atoms with Gasteiger partial charge in [0.2, 0.25) is 0 Å². The number of halogens is 1. The van der Waals surface area contributed by atoms with Gasteiger partial charge in [-0.1, -0.05) is 24.3 Å². The topological polar surface area (TPSA) is 104 Å². The van der Waals surface area contributed by atoms with Gasteiger partial charge in [-0.05, 0) is 23.6 Å². The molecule has 0 aliphatic rings. The SMILES string of the molecule is [O-][Cl+3]([O-])([O-])[O-].c1ccc2c(c1)ccc1ccc[o+]c12. The molecule has 1 aromatic heterocycles. The molecular weight excluding hydrogens is 272 g/mol. The van der Waals surface area contributed by atoms with Gasteiger partial charge in [0.1, 0.15) is 0 Å². The van der Waals surface area contributed by atoms with Crippen LogP contribution < -0.4 is 18.6 Å².